The second-order valence-electron chi connectivity index (χ2n) is 6.02. The van der Waals surface area contributed by atoms with Gasteiger partial charge in [-0.2, -0.15) is 5.10 Å². The minimum Gasteiger partial charge on any atom is -0.331 e. The van der Waals surface area contributed by atoms with E-state index in [-0.39, 0.29) is 23.3 Å². The van der Waals surface area contributed by atoms with Gasteiger partial charge in [0.05, 0.1) is 11.0 Å². The van der Waals surface area contributed by atoms with Crippen LogP contribution in [0.2, 0.25) is 0 Å². The molecular weight excluding hydrogens is 354 g/mol. The topological polar surface area (TPSA) is 94.2 Å². The molecule has 0 bridgehead atoms. The van der Waals surface area contributed by atoms with Gasteiger partial charge in [0.15, 0.2) is 0 Å². The molecule has 0 aliphatic carbocycles. The summed E-state index contributed by atoms with van der Waals surface area (Å²) in [5.74, 6) is -0.206. The first-order chi connectivity index (χ1) is 12.6. The summed E-state index contributed by atoms with van der Waals surface area (Å²) in [7, 11) is 0. The SMILES string of the molecule is CC1c2ccsc2CCN1C(=O)c1ccc(-n2cncn2)c([N+](=O)[O-])c1. The van der Waals surface area contributed by atoms with Crippen molar-refractivity contribution in [2.45, 2.75) is 19.4 Å². The zero-order valence-corrected chi connectivity index (χ0v) is 14.7. The van der Waals surface area contributed by atoms with E-state index >= 15 is 0 Å². The lowest BCUT2D eigenvalue weighted by atomic mass is 10.00. The molecule has 1 unspecified atom stereocenters. The number of amides is 1. The number of nitrogens with zero attached hydrogens (tertiary/aromatic N) is 5. The van der Waals surface area contributed by atoms with Crippen LogP contribution in [0, 0.1) is 10.1 Å². The fourth-order valence-corrected chi connectivity index (χ4v) is 4.24. The molecule has 0 N–H and O–H groups in total. The summed E-state index contributed by atoms with van der Waals surface area (Å²) < 4.78 is 1.31. The number of thiophene rings is 1. The zero-order chi connectivity index (χ0) is 18.3. The number of rotatable bonds is 3. The molecule has 3 aromatic rings. The van der Waals surface area contributed by atoms with Crippen LogP contribution in [-0.2, 0) is 6.42 Å². The van der Waals surface area contributed by atoms with Gasteiger partial charge in [0.2, 0.25) is 0 Å². The molecule has 1 aromatic carbocycles. The fraction of sp³-hybridized carbons (Fsp3) is 0.235. The number of hydrogen-bond donors (Lipinski definition) is 0. The first kappa shape index (κ1) is 16.4. The van der Waals surface area contributed by atoms with Crippen LogP contribution in [-0.4, -0.2) is 37.0 Å². The zero-order valence-electron chi connectivity index (χ0n) is 13.9. The van der Waals surface area contributed by atoms with E-state index in [1.54, 1.807) is 22.3 Å². The number of nitro groups is 1. The van der Waals surface area contributed by atoms with Gasteiger partial charge >= 0.3 is 0 Å². The van der Waals surface area contributed by atoms with Crippen LogP contribution in [0.5, 0.6) is 0 Å². The predicted molar refractivity (Wildman–Crippen MR) is 95.5 cm³/mol. The molecule has 8 nitrogen and oxygen atoms in total. The lowest BCUT2D eigenvalue weighted by Gasteiger charge is -2.33. The number of fused-ring (bicyclic) bond motifs is 1. The van der Waals surface area contributed by atoms with Crippen molar-refractivity contribution in [3.63, 3.8) is 0 Å². The molecule has 0 spiro atoms. The van der Waals surface area contributed by atoms with Gasteiger partial charge in [-0.25, -0.2) is 9.67 Å². The summed E-state index contributed by atoms with van der Waals surface area (Å²) in [6.07, 6.45) is 3.49. The number of benzene rings is 1. The lowest BCUT2D eigenvalue weighted by Crippen LogP contribution is -2.38. The van der Waals surface area contributed by atoms with Crippen LogP contribution in [0.25, 0.3) is 5.69 Å². The third-order valence-corrected chi connectivity index (χ3v) is 5.62. The van der Waals surface area contributed by atoms with E-state index in [0.29, 0.717) is 12.1 Å². The Morgan fingerprint density at radius 1 is 1.38 bits per heavy atom. The molecule has 2 aromatic heterocycles. The second kappa shape index (κ2) is 6.34. The van der Waals surface area contributed by atoms with Gasteiger partial charge in [0.25, 0.3) is 11.6 Å². The van der Waals surface area contributed by atoms with Gasteiger partial charge in [0.1, 0.15) is 18.3 Å². The maximum Gasteiger partial charge on any atom is 0.295 e. The van der Waals surface area contributed by atoms with E-state index in [9.17, 15) is 14.9 Å². The first-order valence-corrected chi connectivity index (χ1v) is 8.95. The normalized spacial score (nSPS) is 16.3. The van der Waals surface area contributed by atoms with Crippen LogP contribution < -0.4 is 0 Å². The Hall–Kier alpha value is -3.07. The van der Waals surface area contributed by atoms with Crippen molar-refractivity contribution in [3.8, 4) is 5.69 Å². The largest absolute Gasteiger partial charge is 0.331 e. The summed E-state index contributed by atoms with van der Waals surface area (Å²) >= 11 is 1.70. The van der Waals surface area contributed by atoms with E-state index in [2.05, 4.69) is 10.1 Å². The molecular formula is C17H15N5O3S. The number of aromatic nitrogens is 3. The van der Waals surface area contributed by atoms with E-state index in [1.165, 1.54) is 34.3 Å². The van der Waals surface area contributed by atoms with Crippen molar-refractivity contribution in [2.24, 2.45) is 0 Å². The molecule has 0 radical (unpaired) electrons. The molecule has 1 aliphatic rings. The third kappa shape index (κ3) is 2.66. The Bertz CT molecular complexity index is 982. The Balaban J connectivity index is 1.69. The second-order valence-corrected chi connectivity index (χ2v) is 7.02. The molecule has 0 saturated carbocycles. The molecule has 1 atom stereocenters. The van der Waals surface area contributed by atoms with Crippen LogP contribution in [0.4, 0.5) is 5.69 Å². The van der Waals surface area contributed by atoms with Crippen molar-refractivity contribution in [3.05, 3.63) is 68.4 Å². The molecule has 0 saturated heterocycles. The molecule has 4 rings (SSSR count). The summed E-state index contributed by atoms with van der Waals surface area (Å²) in [6.45, 7) is 2.59. The highest BCUT2D eigenvalue weighted by Gasteiger charge is 2.30. The summed E-state index contributed by atoms with van der Waals surface area (Å²) in [5.41, 5.74) is 1.55. The number of nitro benzene ring substituents is 1. The smallest absolute Gasteiger partial charge is 0.295 e. The Morgan fingerprint density at radius 3 is 2.96 bits per heavy atom. The average Bonchev–Trinajstić information content (AvgIpc) is 3.33. The molecule has 1 amide bonds. The van der Waals surface area contributed by atoms with Crippen LogP contribution >= 0.6 is 11.3 Å². The summed E-state index contributed by atoms with van der Waals surface area (Å²) in [5, 5.41) is 17.4. The maximum atomic E-state index is 13.0. The standard InChI is InChI=1S/C17H15N5O3S/c1-11-13-5-7-26-16(13)4-6-20(11)17(23)12-2-3-14(15(8-12)22(24)25)21-10-18-9-19-21/h2-3,5,7-11H,4,6H2,1H3. The highest BCUT2D eigenvalue weighted by atomic mass is 32.1. The highest BCUT2D eigenvalue weighted by Crippen LogP contribution is 2.34. The molecule has 9 heteroatoms. The van der Waals surface area contributed by atoms with Crippen LogP contribution in [0.15, 0.2) is 42.3 Å². The summed E-state index contributed by atoms with van der Waals surface area (Å²) in [6, 6.07) is 6.44. The van der Waals surface area contributed by atoms with E-state index in [1.807, 2.05) is 18.4 Å². The number of carbonyl (C=O) groups is 1. The first-order valence-electron chi connectivity index (χ1n) is 8.07. The van der Waals surface area contributed by atoms with Crippen molar-refractivity contribution in [1.29, 1.82) is 0 Å². The molecule has 26 heavy (non-hydrogen) atoms. The van der Waals surface area contributed by atoms with Gasteiger partial charge < -0.3 is 4.90 Å². The predicted octanol–water partition coefficient (Wildman–Crippen LogP) is 3.00. The van der Waals surface area contributed by atoms with Crippen molar-refractivity contribution < 1.29 is 9.72 Å². The average molecular weight is 369 g/mol. The molecule has 0 fully saturated rings. The Morgan fingerprint density at radius 2 is 2.23 bits per heavy atom. The minimum atomic E-state index is -0.510. The van der Waals surface area contributed by atoms with Gasteiger partial charge in [-0.3, -0.25) is 14.9 Å². The quantitative estimate of drug-likeness (QED) is 0.522. The van der Waals surface area contributed by atoms with Gasteiger partial charge in [-0.1, -0.05) is 0 Å². The number of hydrogen-bond acceptors (Lipinski definition) is 6. The maximum absolute atomic E-state index is 13.0. The molecule has 132 valence electrons. The molecule has 1 aliphatic heterocycles. The molecule has 3 heterocycles. The Labute approximate surface area is 152 Å². The van der Waals surface area contributed by atoms with E-state index in [0.717, 1.165) is 12.0 Å². The van der Waals surface area contributed by atoms with Crippen molar-refractivity contribution in [2.75, 3.05) is 6.54 Å². The summed E-state index contributed by atoms with van der Waals surface area (Å²) in [4.78, 5) is 30.8. The Kier molecular flexibility index (Phi) is 4.00. The van der Waals surface area contributed by atoms with Gasteiger partial charge in [0, 0.05) is 23.1 Å². The van der Waals surface area contributed by atoms with Gasteiger partial charge in [-0.15, -0.1) is 11.3 Å². The monoisotopic (exact) mass is 369 g/mol. The third-order valence-electron chi connectivity index (χ3n) is 4.62. The fourth-order valence-electron chi connectivity index (χ4n) is 3.28. The van der Waals surface area contributed by atoms with Crippen molar-refractivity contribution >= 4 is 22.9 Å². The van der Waals surface area contributed by atoms with E-state index in [4.69, 9.17) is 0 Å². The van der Waals surface area contributed by atoms with Gasteiger partial charge in [-0.05, 0) is 42.5 Å². The van der Waals surface area contributed by atoms with Crippen molar-refractivity contribution in [1.82, 2.24) is 19.7 Å². The van der Waals surface area contributed by atoms with E-state index < -0.39 is 4.92 Å². The minimum absolute atomic E-state index is 0.0495. The lowest BCUT2D eigenvalue weighted by molar-refractivity contribution is -0.384. The van der Waals surface area contributed by atoms with Crippen LogP contribution in [0.3, 0.4) is 0 Å². The highest BCUT2D eigenvalue weighted by molar-refractivity contribution is 7.10. The number of carbonyl (C=O) groups excluding carboxylic acids is 1. The van der Waals surface area contributed by atoms with Crippen LogP contribution in [0.1, 0.15) is 33.8 Å².